The van der Waals surface area contributed by atoms with E-state index in [0.29, 0.717) is 23.7 Å². The smallest absolute Gasteiger partial charge is 0.00842 e. The molecule has 1 aromatic carbocycles. The summed E-state index contributed by atoms with van der Waals surface area (Å²) in [4.78, 5) is 0. The van der Waals surface area contributed by atoms with Gasteiger partial charge in [-0.3, -0.25) is 0 Å². The fourth-order valence-corrected chi connectivity index (χ4v) is 2.69. The fourth-order valence-electron chi connectivity index (χ4n) is 2.69. The molecule has 0 fully saturated rings. The Labute approximate surface area is 111 Å². The van der Waals surface area contributed by atoms with Crippen LogP contribution in [0.25, 0.3) is 0 Å². The molecule has 2 rings (SSSR count). The first-order valence-electron chi connectivity index (χ1n) is 7.05. The van der Waals surface area contributed by atoms with Crippen LogP contribution in [0, 0.1) is 11.8 Å². The average molecular weight is 240 g/mol. The summed E-state index contributed by atoms with van der Waals surface area (Å²) in [5.41, 5.74) is 3.02. The van der Waals surface area contributed by atoms with Crippen molar-refractivity contribution in [2.45, 2.75) is 39.5 Å². The van der Waals surface area contributed by atoms with Gasteiger partial charge in [-0.15, -0.1) is 0 Å². The third kappa shape index (κ3) is 2.58. The second-order valence-electron chi connectivity index (χ2n) is 5.82. The van der Waals surface area contributed by atoms with Gasteiger partial charge in [0.15, 0.2) is 0 Å². The molecule has 1 aliphatic rings. The zero-order valence-corrected chi connectivity index (χ0v) is 11.9. The Morgan fingerprint density at radius 3 is 2.28 bits per heavy atom. The maximum absolute atomic E-state index is 2.34. The van der Waals surface area contributed by atoms with E-state index >= 15 is 0 Å². The van der Waals surface area contributed by atoms with E-state index in [1.54, 1.807) is 0 Å². The third-order valence-electron chi connectivity index (χ3n) is 4.26. The molecule has 0 N–H and O–H groups in total. The minimum atomic E-state index is 0.535. The quantitative estimate of drug-likeness (QED) is 0.673. The molecule has 1 aromatic rings. The van der Waals surface area contributed by atoms with E-state index in [1.165, 1.54) is 11.1 Å². The summed E-state index contributed by atoms with van der Waals surface area (Å²) in [5, 5.41) is 0. The number of hydrogen-bond acceptors (Lipinski definition) is 0. The molecule has 0 heterocycles. The lowest BCUT2D eigenvalue weighted by atomic mass is 9.77. The number of hydrogen-bond donors (Lipinski definition) is 0. The largest absolute Gasteiger partial charge is 0.0808 e. The summed E-state index contributed by atoms with van der Waals surface area (Å²) in [7, 11) is 0. The summed E-state index contributed by atoms with van der Waals surface area (Å²) in [6.07, 6.45) is 9.00. The second-order valence-corrected chi connectivity index (χ2v) is 5.82. The minimum absolute atomic E-state index is 0.535. The molecule has 0 bridgehead atoms. The van der Waals surface area contributed by atoms with Crippen molar-refractivity contribution < 1.29 is 0 Å². The maximum Gasteiger partial charge on any atom is 0.00842 e. The maximum atomic E-state index is 2.34. The molecule has 0 nitrogen and oxygen atoms in total. The van der Waals surface area contributed by atoms with Crippen LogP contribution in [-0.4, -0.2) is 0 Å². The zero-order valence-electron chi connectivity index (χ0n) is 11.9. The molecule has 3 atom stereocenters. The number of allylic oxidation sites excluding steroid dienone is 4. The molecular weight excluding hydrogens is 216 g/mol. The summed E-state index contributed by atoms with van der Waals surface area (Å²) in [6.45, 7) is 9.26. The van der Waals surface area contributed by atoms with E-state index in [-0.39, 0.29) is 0 Å². The summed E-state index contributed by atoms with van der Waals surface area (Å²) in [5.74, 6) is 2.43. The lowest BCUT2D eigenvalue weighted by Crippen LogP contribution is -2.13. The lowest BCUT2D eigenvalue weighted by molar-refractivity contribution is 0.522. The lowest BCUT2D eigenvalue weighted by Gasteiger charge is -2.27. The Morgan fingerprint density at radius 1 is 0.944 bits per heavy atom. The first kappa shape index (κ1) is 13.1. The SMILES string of the molecule is CC(C)C(C)c1ccccc1C1C=CC=CC1C. The standard InChI is InChI=1S/C18H24/c1-13(2)15(4)17-11-7-8-12-18(17)16-10-6-5-9-14(16)3/h5-16H,1-4H3. The van der Waals surface area contributed by atoms with Gasteiger partial charge in [-0.25, -0.2) is 0 Å². The Morgan fingerprint density at radius 2 is 1.61 bits per heavy atom. The van der Waals surface area contributed by atoms with E-state index < -0.39 is 0 Å². The van der Waals surface area contributed by atoms with Crippen LogP contribution in [0.1, 0.15) is 50.7 Å². The van der Waals surface area contributed by atoms with E-state index in [9.17, 15) is 0 Å². The highest BCUT2D eigenvalue weighted by Crippen LogP contribution is 2.36. The highest BCUT2D eigenvalue weighted by atomic mass is 14.3. The highest BCUT2D eigenvalue weighted by Gasteiger charge is 2.22. The molecule has 18 heavy (non-hydrogen) atoms. The van der Waals surface area contributed by atoms with E-state index in [1.807, 2.05) is 0 Å². The molecule has 0 saturated carbocycles. The van der Waals surface area contributed by atoms with Crippen LogP contribution in [-0.2, 0) is 0 Å². The first-order valence-corrected chi connectivity index (χ1v) is 7.05. The van der Waals surface area contributed by atoms with Gasteiger partial charge in [0.2, 0.25) is 0 Å². The van der Waals surface area contributed by atoms with Crippen LogP contribution in [0.2, 0.25) is 0 Å². The molecule has 0 spiro atoms. The van der Waals surface area contributed by atoms with Crippen molar-refractivity contribution in [3.63, 3.8) is 0 Å². The topological polar surface area (TPSA) is 0 Å². The number of benzene rings is 1. The van der Waals surface area contributed by atoms with Crippen molar-refractivity contribution in [2.75, 3.05) is 0 Å². The van der Waals surface area contributed by atoms with Gasteiger partial charge in [0, 0.05) is 5.92 Å². The molecule has 0 radical (unpaired) electrons. The van der Waals surface area contributed by atoms with Crippen molar-refractivity contribution in [2.24, 2.45) is 11.8 Å². The van der Waals surface area contributed by atoms with Crippen LogP contribution >= 0.6 is 0 Å². The van der Waals surface area contributed by atoms with Gasteiger partial charge in [-0.2, -0.15) is 0 Å². The number of rotatable bonds is 3. The highest BCUT2D eigenvalue weighted by molar-refractivity contribution is 5.38. The van der Waals surface area contributed by atoms with Gasteiger partial charge in [-0.05, 0) is 28.9 Å². The Bertz CT molecular complexity index is 451. The van der Waals surface area contributed by atoms with Crippen LogP contribution < -0.4 is 0 Å². The molecule has 1 aliphatic carbocycles. The predicted molar refractivity (Wildman–Crippen MR) is 79.9 cm³/mol. The Balaban J connectivity index is 2.39. The van der Waals surface area contributed by atoms with Crippen molar-refractivity contribution >= 4 is 0 Å². The van der Waals surface area contributed by atoms with Crippen LogP contribution in [0.3, 0.4) is 0 Å². The summed E-state index contributed by atoms with van der Waals surface area (Å²) < 4.78 is 0. The van der Waals surface area contributed by atoms with Gasteiger partial charge in [-0.1, -0.05) is 76.3 Å². The zero-order chi connectivity index (χ0) is 13.1. The van der Waals surface area contributed by atoms with E-state index in [0.717, 1.165) is 0 Å². The normalized spacial score (nSPS) is 24.5. The van der Waals surface area contributed by atoms with Crippen LogP contribution in [0.5, 0.6) is 0 Å². The minimum Gasteiger partial charge on any atom is -0.0808 e. The Kier molecular flexibility index (Phi) is 4.06. The molecule has 0 aliphatic heterocycles. The van der Waals surface area contributed by atoms with Gasteiger partial charge >= 0.3 is 0 Å². The third-order valence-corrected chi connectivity index (χ3v) is 4.26. The van der Waals surface area contributed by atoms with Crippen molar-refractivity contribution in [1.29, 1.82) is 0 Å². The van der Waals surface area contributed by atoms with Crippen molar-refractivity contribution in [1.82, 2.24) is 0 Å². The van der Waals surface area contributed by atoms with Gasteiger partial charge in [0.05, 0.1) is 0 Å². The monoisotopic (exact) mass is 240 g/mol. The van der Waals surface area contributed by atoms with Crippen LogP contribution in [0.15, 0.2) is 48.6 Å². The van der Waals surface area contributed by atoms with Crippen molar-refractivity contribution in [3.8, 4) is 0 Å². The Hall–Kier alpha value is -1.30. The first-order chi connectivity index (χ1) is 8.61. The predicted octanol–water partition coefficient (Wildman–Crippen LogP) is 5.29. The molecule has 3 unspecified atom stereocenters. The fraction of sp³-hybridized carbons (Fsp3) is 0.444. The van der Waals surface area contributed by atoms with Crippen LogP contribution in [0.4, 0.5) is 0 Å². The van der Waals surface area contributed by atoms with Crippen molar-refractivity contribution in [3.05, 3.63) is 59.7 Å². The summed E-state index contributed by atoms with van der Waals surface area (Å²) in [6, 6.07) is 8.95. The summed E-state index contributed by atoms with van der Waals surface area (Å²) >= 11 is 0. The van der Waals surface area contributed by atoms with Gasteiger partial charge in [0.1, 0.15) is 0 Å². The van der Waals surface area contributed by atoms with Gasteiger partial charge in [0.25, 0.3) is 0 Å². The molecule has 0 aromatic heterocycles. The molecular formula is C18H24. The van der Waals surface area contributed by atoms with Gasteiger partial charge < -0.3 is 0 Å². The average Bonchev–Trinajstić information content (AvgIpc) is 2.38. The van der Waals surface area contributed by atoms with E-state index in [4.69, 9.17) is 0 Å². The molecule has 0 amide bonds. The van der Waals surface area contributed by atoms with E-state index in [2.05, 4.69) is 76.3 Å². The second kappa shape index (κ2) is 5.56. The molecule has 0 heteroatoms. The molecule has 96 valence electrons. The molecule has 0 saturated heterocycles.